The smallest absolute Gasteiger partial charge is 0.295 e. The lowest BCUT2D eigenvalue weighted by Gasteiger charge is -2.25. The highest BCUT2D eigenvalue weighted by Crippen LogP contribution is 2.40. The first kappa shape index (κ1) is 25.3. The lowest BCUT2D eigenvalue weighted by Crippen LogP contribution is -2.30. The van der Waals surface area contributed by atoms with E-state index in [1.54, 1.807) is 36.4 Å². The molecule has 1 fully saturated rings. The molecule has 0 spiro atoms. The number of aliphatic hydroxyl groups is 2. The molecule has 0 saturated carbocycles. The SMILES string of the molecule is CCCN1C(=O)C(=O)/C(=C(/O)c2ccc(OC(C)C)c(C)c2)C1c1cccc(OCCCO)c1. The van der Waals surface area contributed by atoms with E-state index in [0.29, 0.717) is 48.6 Å². The molecule has 1 aliphatic heterocycles. The summed E-state index contributed by atoms with van der Waals surface area (Å²) < 4.78 is 11.5. The summed E-state index contributed by atoms with van der Waals surface area (Å²) in [6.07, 6.45) is 1.16. The number of hydrogen-bond acceptors (Lipinski definition) is 6. The zero-order valence-corrected chi connectivity index (χ0v) is 20.2. The number of hydrogen-bond donors (Lipinski definition) is 2. The number of aliphatic hydroxyl groups excluding tert-OH is 2. The monoisotopic (exact) mass is 467 g/mol. The number of likely N-dealkylation sites (tertiary alicyclic amines) is 1. The van der Waals surface area contributed by atoms with Crippen LogP contribution in [0.15, 0.2) is 48.0 Å². The molecule has 1 unspecified atom stereocenters. The van der Waals surface area contributed by atoms with Crippen LogP contribution in [0, 0.1) is 6.92 Å². The fraction of sp³-hybridized carbons (Fsp3) is 0.407. The van der Waals surface area contributed by atoms with Crippen LogP contribution in [0.3, 0.4) is 0 Å². The number of amides is 1. The van der Waals surface area contributed by atoms with Crippen molar-refractivity contribution in [1.82, 2.24) is 4.90 Å². The number of rotatable bonds is 10. The first-order valence-corrected chi connectivity index (χ1v) is 11.7. The highest BCUT2D eigenvalue weighted by molar-refractivity contribution is 6.46. The summed E-state index contributed by atoms with van der Waals surface area (Å²) in [6, 6.07) is 11.6. The van der Waals surface area contributed by atoms with Gasteiger partial charge in [0.2, 0.25) is 0 Å². The van der Waals surface area contributed by atoms with E-state index >= 15 is 0 Å². The average Bonchev–Trinajstić information content (AvgIpc) is 3.05. The predicted octanol–water partition coefficient (Wildman–Crippen LogP) is 4.38. The molecule has 0 bridgehead atoms. The Hall–Kier alpha value is -3.32. The summed E-state index contributed by atoms with van der Waals surface area (Å²) in [5, 5.41) is 20.2. The molecule has 7 heteroatoms. The Balaban J connectivity index is 2.07. The fourth-order valence-corrected chi connectivity index (χ4v) is 4.07. The molecule has 182 valence electrons. The molecule has 1 saturated heterocycles. The molecule has 3 rings (SSSR count). The van der Waals surface area contributed by atoms with Crippen LogP contribution in [0.4, 0.5) is 0 Å². The Morgan fingerprint density at radius 1 is 1.15 bits per heavy atom. The maximum atomic E-state index is 13.1. The Labute approximate surface area is 200 Å². The van der Waals surface area contributed by atoms with Gasteiger partial charge in [0, 0.05) is 25.1 Å². The molecule has 1 amide bonds. The largest absolute Gasteiger partial charge is 0.507 e. The van der Waals surface area contributed by atoms with Crippen LogP contribution < -0.4 is 9.47 Å². The number of nitrogens with zero attached hydrogens (tertiary/aromatic N) is 1. The van der Waals surface area contributed by atoms with Crippen LogP contribution in [-0.4, -0.2) is 52.7 Å². The van der Waals surface area contributed by atoms with Crippen LogP contribution in [0.1, 0.15) is 56.3 Å². The fourth-order valence-electron chi connectivity index (χ4n) is 4.07. The number of benzene rings is 2. The number of aryl methyl sites for hydroxylation is 1. The van der Waals surface area contributed by atoms with Crippen molar-refractivity contribution in [2.24, 2.45) is 0 Å². The third-order valence-electron chi connectivity index (χ3n) is 5.56. The van der Waals surface area contributed by atoms with Crippen molar-refractivity contribution in [3.8, 4) is 11.5 Å². The molecular weight excluding hydrogens is 434 g/mol. The second-order valence-corrected chi connectivity index (χ2v) is 8.64. The first-order valence-electron chi connectivity index (χ1n) is 11.7. The van der Waals surface area contributed by atoms with Crippen molar-refractivity contribution >= 4 is 17.4 Å². The lowest BCUT2D eigenvalue weighted by molar-refractivity contribution is -0.139. The molecule has 34 heavy (non-hydrogen) atoms. The van der Waals surface area contributed by atoms with Gasteiger partial charge in [-0.3, -0.25) is 9.59 Å². The zero-order valence-electron chi connectivity index (χ0n) is 20.2. The van der Waals surface area contributed by atoms with E-state index in [1.807, 2.05) is 33.8 Å². The Morgan fingerprint density at radius 3 is 2.56 bits per heavy atom. The van der Waals surface area contributed by atoms with E-state index in [1.165, 1.54) is 4.90 Å². The van der Waals surface area contributed by atoms with Crippen LogP contribution in [-0.2, 0) is 9.59 Å². The molecule has 1 heterocycles. The van der Waals surface area contributed by atoms with E-state index in [-0.39, 0.29) is 24.0 Å². The molecule has 2 aromatic carbocycles. The van der Waals surface area contributed by atoms with Crippen molar-refractivity contribution in [3.05, 3.63) is 64.7 Å². The van der Waals surface area contributed by atoms with Crippen molar-refractivity contribution in [2.75, 3.05) is 19.8 Å². The molecule has 1 aliphatic rings. The third kappa shape index (κ3) is 5.42. The van der Waals surface area contributed by atoms with Gasteiger partial charge < -0.3 is 24.6 Å². The summed E-state index contributed by atoms with van der Waals surface area (Å²) in [6.45, 7) is 8.42. The quantitative estimate of drug-likeness (QED) is 0.233. The Kier molecular flexibility index (Phi) is 8.34. The minimum absolute atomic E-state index is 0.00406. The van der Waals surface area contributed by atoms with Gasteiger partial charge in [-0.05, 0) is 68.7 Å². The zero-order chi connectivity index (χ0) is 24.8. The van der Waals surface area contributed by atoms with Gasteiger partial charge >= 0.3 is 0 Å². The molecule has 7 nitrogen and oxygen atoms in total. The number of ether oxygens (including phenoxy) is 2. The van der Waals surface area contributed by atoms with Crippen LogP contribution in [0.2, 0.25) is 0 Å². The summed E-state index contributed by atoms with van der Waals surface area (Å²) in [5.41, 5.74) is 2.00. The third-order valence-corrected chi connectivity index (χ3v) is 5.56. The minimum atomic E-state index is -0.728. The van der Waals surface area contributed by atoms with Crippen molar-refractivity contribution < 1.29 is 29.3 Å². The van der Waals surface area contributed by atoms with Gasteiger partial charge in [-0.2, -0.15) is 0 Å². The number of carbonyl (C=O) groups is 2. The number of carbonyl (C=O) groups excluding carboxylic acids is 2. The number of Topliss-reactive ketones (excluding diaryl/α,β-unsaturated/α-hetero) is 1. The van der Waals surface area contributed by atoms with Gasteiger partial charge in [0.1, 0.15) is 17.3 Å². The topological polar surface area (TPSA) is 96.3 Å². The molecule has 0 radical (unpaired) electrons. The minimum Gasteiger partial charge on any atom is -0.507 e. The van der Waals surface area contributed by atoms with Crippen molar-refractivity contribution in [1.29, 1.82) is 0 Å². The highest BCUT2D eigenvalue weighted by atomic mass is 16.5. The van der Waals surface area contributed by atoms with Gasteiger partial charge in [-0.25, -0.2) is 0 Å². The van der Waals surface area contributed by atoms with Gasteiger partial charge in [0.25, 0.3) is 11.7 Å². The number of ketones is 1. The summed E-state index contributed by atoms with van der Waals surface area (Å²) in [5.74, 6) is -0.284. The van der Waals surface area contributed by atoms with E-state index in [4.69, 9.17) is 14.6 Å². The van der Waals surface area contributed by atoms with Crippen LogP contribution >= 0.6 is 0 Å². The second-order valence-electron chi connectivity index (χ2n) is 8.64. The van der Waals surface area contributed by atoms with E-state index < -0.39 is 17.7 Å². The van der Waals surface area contributed by atoms with Gasteiger partial charge in [0.05, 0.1) is 24.3 Å². The van der Waals surface area contributed by atoms with E-state index in [0.717, 1.165) is 5.56 Å². The van der Waals surface area contributed by atoms with Crippen molar-refractivity contribution in [2.45, 2.75) is 52.7 Å². The molecular formula is C27H33NO6. The van der Waals surface area contributed by atoms with E-state index in [9.17, 15) is 14.7 Å². The van der Waals surface area contributed by atoms with E-state index in [2.05, 4.69) is 0 Å². The summed E-state index contributed by atoms with van der Waals surface area (Å²) in [7, 11) is 0. The predicted molar refractivity (Wildman–Crippen MR) is 130 cm³/mol. The Bertz CT molecular complexity index is 1070. The lowest BCUT2D eigenvalue weighted by atomic mass is 9.94. The maximum absolute atomic E-state index is 13.1. The second kappa shape index (κ2) is 11.2. The van der Waals surface area contributed by atoms with Crippen LogP contribution in [0.25, 0.3) is 5.76 Å². The standard InChI is InChI=1S/C27H33NO6/c1-5-12-28-24(19-8-6-9-21(16-19)33-14-7-13-29)23(26(31)27(28)32)25(30)20-10-11-22(18(4)15-20)34-17(2)3/h6,8-11,15-17,24,29-30H,5,7,12-14H2,1-4H3/b25-23+. The van der Waals surface area contributed by atoms with Gasteiger partial charge in [-0.1, -0.05) is 19.1 Å². The van der Waals surface area contributed by atoms with Gasteiger partial charge in [0.15, 0.2) is 0 Å². The molecule has 0 aromatic heterocycles. The normalized spacial score (nSPS) is 17.5. The molecule has 2 N–H and O–H groups in total. The molecule has 2 aromatic rings. The maximum Gasteiger partial charge on any atom is 0.295 e. The molecule has 0 aliphatic carbocycles. The summed E-state index contributed by atoms with van der Waals surface area (Å²) in [4.78, 5) is 27.5. The summed E-state index contributed by atoms with van der Waals surface area (Å²) >= 11 is 0. The molecule has 1 atom stereocenters. The first-order chi connectivity index (χ1) is 16.3. The highest BCUT2D eigenvalue weighted by Gasteiger charge is 2.45. The Morgan fingerprint density at radius 2 is 1.91 bits per heavy atom. The van der Waals surface area contributed by atoms with Crippen molar-refractivity contribution in [3.63, 3.8) is 0 Å². The average molecular weight is 468 g/mol. The van der Waals surface area contributed by atoms with Gasteiger partial charge in [-0.15, -0.1) is 0 Å². The van der Waals surface area contributed by atoms with Crippen LogP contribution in [0.5, 0.6) is 11.5 Å².